The fourth-order valence-corrected chi connectivity index (χ4v) is 3.87. The number of nitrogens with zero attached hydrogens (tertiary/aromatic N) is 5. The van der Waals surface area contributed by atoms with Gasteiger partial charge in [-0.25, -0.2) is 4.98 Å². The second-order valence-electron chi connectivity index (χ2n) is 6.99. The molecule has 1 aromatic heterocycles. The SMILES string of the molecule is Cc1ccnc(N2CCN(C3(/C(N)=N/O)CCN(C)CC3)CC2)c1. The first kappa shape index (κ1) is 17.0. The first-order chi connectivity index (χ1) is 11.5. The Balaban J connectivity index is 1.72. The molecule has 0 aliphatic carbocycles. The van der Waals surface area contributed by atoms with E-state index in [1.54, 1.807) is 0 Å². The Labute approximate surface area is 143 Å². The number of hydrogen-bond donors (Lipinski definition) is 2. The lowest BCUT2D eigenvalue weighted by atomic mass is 9.84. The molecule has 2 aliphatic rings. The number of oxime groups is 1. The van der Waals surface area contributed by atoms with Gasteiger partial charge >= 0.3 is 0 Å². The minimum Gasteiger partial charge on any atom is -0.409 e. The third kappa shape index (κ3) is 3.18. The van der Waals surface area contributed by atoms with Crippen LogP contribution in [0, 0.1) is 6.92 Å². The summed E-state index contributed by atoms with van der Waals surface area (Å²) in [7, 11) is 2.12. The van der Waals surface area contributed by atoms with E-state index in [2.05, 4.69) is 44.9 Å². The molecule has 3 N–H and O–H groups in total. The summed E-state index contributed by atoms with van der Waals surface area (Å²) in [6.45, 7) is 7.64. The number of rotatable bonds is 3. The highest BCUT2D eigenvalue weighted by molar-refractivity contribution is 5.89. The number of hydrogen-bond acceptors (Lipinski definition) is 6. The lowest BCUT2D eigenvalue weighted by Crippen LogP contribution is -2.65. The molecule has 3 heterocycles. The molecule has 0 amide bonds. The number of likely N-dealkylation sites (tertiary alicyclic amines) is 1. The number of amidine groups is 1. The monoisotopic (exact) mass is 332 g/mol. The Morgan fingerprint density at radius 1 is 1.21 bits per heavy atom. The zero-order chi connectivity index (χ0) is 17.2. The van der Waals surface area contributed by atoms with Crippen molar-refractivity contribution in [2.45, 2.75) is 25.3 Å². The van der Waals surface area contributed by atoms with Gasteiger partial charge in [-0.3, -0.25) is 4.90 Å². The van der Waals surface area contributed by atoms with E-state index in [1.165, 1.54) is 5.56 Å². The Bertz CT molecular complexity index is 588. The van der Waals surface area contributed by atoms with Crippen LogP contribution in [-0.2, 0) is 0 Å². The van der Waals surface area contributed by atoms with Crippen LogP contribution in [0.25, 0.3) is 0 Å². The summed E-state index contributed by atoms with van der Waals surface area (Å²) in [4.78, 5) is 11.5. The van der Waals surface area contributed by atoms with E-state index in [-0.39, 0.29) is 5.54 Å². The molecule has 24 heavy (non-hydrogen) atoms. The minimum atomic E-state index is -0.312. The maximum Gasteiger partial charge on any atom is 0.159 e. The highest BCUT2D eigenvalue weighted by atomic mass is 16.4. The highest BCUT2D eigenvalue weighted by Crippen LogP contribution is 2.30. The summed E-state index contributed by atoms with van der Waals surface area (Å²) in [5.41, 5.74) is 7.05. The molecular formula is C17H28N6O. The van der Waals surface area contributed by atoms with Crippen LogP contribution in [0.1, 0.15) is 18.4 Å². The predicted molar refractivity (Wildman–Crippen MR) is 95.6 cm³/mol. The van der Waals surface area contributed by atoms with Gasteiger partial charge in [0.1, 0.15) is 5.82 Å². The van der Waals surface area contributed by atoms with Gasteiger partial charge in [-0.1, -0.05) is 5.16 Å². The molecule has 2 fully saturated rings. The quantitative estimate of drug-likeness (QED) is 0.367. The maximum atomic E-state index is 9.31. The molecule has 0 aromatic carbocycles. The normalized spacial score (nSPS) is 23.4. The molecule has 0 spiro atoms. The second kappa shape index (κ2) is 6.94. The highest BCUT2D eigenvalue weighted by Gasteiger charge is 2.44. The molecular weight excluding hydrogens is 304 g/mol. The molecule has 0 radical (unpaired) electrons. The van der Waals surface area contributed by atoms with Crippen molar-refractivity contribution in [2.24, 2.45) is 10.9 Å². The van der Waals surface area contributed by atoms with E-state index < -0.39 is 0 Å². The van der Waals surface area contributed by atoms with Gasteiger partial charge in [0.15, 0.2) is 5.84 Å². The standard InChI is InChI=1S/C17H28N6O/c1-14-3-6-19-15(13-14)22-9-11-23(12-10-22)17(16(18)20-24)4-7-21(2)8-5-17/h3,6,13,24H,4-5,7-12H2,1-2H3,(H2,18,20). The lowest BCUT2D eigenvalue weighted by molar-refractivity contribution is 0.0700. The van der Waals surface area contributed by atoms with Crippen molar-refractivity contribution in [1.29, 1.82) is 0 Å². The van der Waals surface area contributed by atoms with E-state index >= 15 is 0 Å². The van der Waals surface area contributed by atoms with Crippen LogP contribution in [0.5, 0.6) is 0 Å². The molecule has 0 saturated carbocycles. The van der Waals surface area contributed by atoms with Crippen molar-refractivity contribution < 1.29 is 5.21 Å². The van der Waals surface area contributed by atoms with Gasteiger partial charge in [0.25, 0.3) is 0 Å². The Kier molecular flexibility index (Phi) is 4.91. The van der Waals surface area contributed by atoms with Gasteiger partial charge in [0, 0.05) is 45.5 Å². The van der Waals surface area contributed by atoms with Gasteiger partial charge in [-0.15, -0.1) is 0 Å². The Morgan fingerprint density at radius 2 is 1.88 bits per heavy atom. The molecule has 1 aromatic rings. The third-order valence-electron chi connectivity index (χ3n) is 5.51. The van der Waals surface area contributed by atoms with Crippen molar-refractivity contribution in [3.05, 3.63) is 23.9 Å². The minimum absolute atomic E-state index is 0.312. The average Bonchev–Trinajstić information content (AvgIpc) is 2.62. The molecule has 0 unspecified atom stereocenters. The molecule has 0 bridgehead atoms. The lowest BCUT2D eigenvalue weighted by Gasteiger charge is -2.50. The van der Waals surface area contributed by atoms with Crippen molar-refractivity contribution in [3.63, 3.8) is 0 Å². The van der Waals surface area contributed by atoms with Gasteiger partial charge in [-0.05, 0) is 44.5 Å². The van der Waals surface area contributed by atoms with Crippen LogP contribution < -0.4 is 10.6 Å². The Morgan fingerprint density at radius 3 is 2.46 bits per heavy atom. The molecule has 2 aliphatic heterocycles. The van der Waals surface area contributed by atoms with E-state index in [4.69, 9.17) is 5.73 Å². The predicted octanol–water partition coefficient (Wildman–Crippen LogP) is 0.723. The molecule has 0 atom stereocenters. The van der Waals surface area contributed by atoms with Crippen molar-refractivity contribution in [1.82, 2.24) is 14.8 Å². The molecule has 2 saturated heterocycles. The fourth-order valence-electron chi connectivity index (χ4n) is 3.87. The first-order valence-corrected chi connectivity index (χ1v) is 8.64. The van der Waals surface area contributed by atoms with Crippen LogP contribution in [0.15, 0.2) is 23.5 Å². The summed E-state index contributed by atoms with van der Waals surface area (Å²) in [5, 5.41) is 12.7. The second-order valence-corrected chi connectivity index (χ2v) is 6.99. The fraction of sp³-hybridized carbons (Fsp3) is 0.647. The van der Waals surface area contributed by atoms with Crippen LogP contribution >= 0.6 is 0 Å². The van der Waals surface area contributed by atoms with Crippen molar-refractivity contribution >= 4 is 11.7 Å². The van der Waals surface area contributed by atoms with Gasteiger partial charge in [0.2, 0.25) is 0 Å². The summed E-state index contributed by atoms with van der Waals surface area (Å²) in [5.74, 6) is 1.40. The van der Waals surface area contributed by atoms with Gasteiger partial charge in [0.05, 0.1) is 5.54 Å². The summed E-state index contributed by atoms with van der Waals surface area (Å²) in [6.07, 6.45) is 3.68. The zero-order valence-electron chi connectivity index (χ0n) is 14.6. The van der Waals surface area contributed by atoms with Crippen LogP contribution in [0.3, 0.4) is 0 Å². The first-order valence-electron chi connectivity index (χ1n) is 8.64. The van der Waals surface area contributed by atoms with E-state index in [0.29, 0.717) is 5.84 Å². The summed E-state index contributed by atoms with van der Waals surface area (Å²) < 4.78 is 0. The van der Waals surface area contributed by atoms with E-state index in [0.717, 1.165) is 57.9 Å². The number of piperidine rings is 1. The average molecular weight is 332 g/mol. The van der Waals surface area contributed by atoms with E-state index in [9.17, 15) is 5.21 Å². The zero-order valence-corrected chi connectivity index (χ0v) is 14.6. The molecule has 7 nitrogen and oxygen atoms in total. The molecule has 3 rings (SSSR count). The Hall–Kier alpha value is -1.86. The third-order valence-corrected chi connectivity index (χ3v) is 5.51. The van der Waals surface area contributed by atoms with Crippen molar-refractivity contribution in [3.8, 4) is 0 Å². The molecule has 132 valence electrons. The number of nitrogens with two attached hydrogens (primary N) is 1. The number of pyridine rings is 1. The van der Waals surface area contributed by atoms with E-state index in [1.807, 2.05) is 12.3 Å². The number of aromatic nitrogens is 1. The van der Waals surface area contributed by atoms with Crippen LogP contribution in [0.4, 0.5) is 5.82 Å². The number of aryl methyl sites for hydroxylation is 1. The number of piperazine rings is 1. The van der Waals surface area contributed by atoms with Gasteiger partial charge < -0.3 is 20.7 Å². The molecule has 7 heteroatoms. The topological polar surface area (TPSA) is 81.2 Å². The smallest absolute Gasteiger partial charge is 0.159 e. The van der Waals surface area contributed by atoms with Gasteiger partial charge in [-0.2, -0.15) is 0 Å². The maximum absolute atomic E-state index is 9.31. The van der Waals surface area contributed by atoms with Crippen LogP contribution in [0.2, 0.25) is 0 Å². The van der Waals surface area contributed by atoms with Crippen LogP contribution in [-0.4, -0.2) is 77.7 Å². The summed E-state index contributed by atoms with van der Waals surface area (Å²) >= 11 is 0. The van der Waals surface area contributed by atoms with Crippen molar-refractivity contribution in [2.75, 3.05) is 51.2 Å². The summed E-state index contributed by atoms with van der Waals surface area (Å²) in [6, 6.07) is 4.15. The largest absolute Gasteiger partial charge is 0.409 e. The number of anilines is 1.